The Kier molecular flexibility index (Phi) is 3.84. The van der Waals surface area contributed by atoms with Crippen molar-refractivity contribution in [2.75, 3.05) is 26.7 Å². The number of nitrogens with zero attached hydrogens (tertiary/aromatic N) is 4. The van der Waals surface area contributed by atoms with Crippen LogP contribution in [0.1, 0.15) is 37.7 Å². The molecule has 0 aliphatic carbocycles. The summed E-state index contributed by atoms with van der Waals surface area (Å²) in [6.07, 6.45) is 8.34. The fraction of sp³-hybridized carbons (Fsp3) is 0.647. The Labute approximate surface area is 131 Å². The van der Waals surface area contributed by atoms with Crippen LogP contribution in [0.2, 0.25) is 0 Å². The van der Waals surface area contributed by atoms with E-state index >= 15 is 0 Å². The number of rotatable bonds is 3. The summed E-state index contributed by atoms with van der Waals surface area (Å²) < 4.78 is 2.38. The summed E-state index contributed by atoms with van der Waals surface area (Å²) in [7, 11) is 2.22. The SMILES string of the molecule is CN1CCC(Cc2nc3cccnc3n2C2CCCN2)CC1. The monoisotopic (exact) mass is 299 g/mol. The van der Waals surface area contributed by atoms with Gasteiger partial charge in [0, 0.05) is 12.6 Å². The van der Waals surface area contributed by atoms with Crippen LogP contribution >= 0.6 is 0 Å². The second-order valence-corrected chi connectivity index (χ2v) is 6.81. The molecule has 2 aromatic heterocycles. The van der Waals surface area contributed by atoms with Gasteiger partial charge >= 0.3 is 0 Å². The molecule has 5 heteroatoms. The topological polar surface area (TPSA) is 46.0 Å². The third-order valence-electron chi connectivity index (χ3n) is 5.18. The standard InChI is InChI=1S/C17H25N5/c1-21-10-6-13(7-11-21)12-16-20-14-4-2-9-19-17(14)22(16)15-5-3-8-18-15/h2,4,9,13,15,18H,3,5-8,10-12H2,1H3. The molecule has 2 aromatic rings. The van der Waals surface area contributed by atoms with Gasteiger partial charge in [-0.15, -0.1) is 0 Å². The Morgan fingerprint density at radius 2 is 2.14 bits per heavy atom. The van der Waals surface area contributed by atoms with Crippen LogP contribution in [-0.2, 0) is 6.42 Å². The zero-order valence-corrected chi connectivity index (χ0v) is 13.3. The van der Waals surface area contributed by atoms with Gasteiger partial charge in [0.25, 0.3) is 0 Å². The predicted octanol–water partition coefficient (Wildman–Crippen LogP) is 2.20. The second-order valence-electron chi connectivity index (χ2n) is 6.81. The van der Waals surface area contributed by atoms with Crippen molar-refractivity contribution in [3.05, 3.63) is 24.2 Å². The number of pyridine rings is 1. The van der Waals surface area contributed by atoms with E-state index in [9.17, 15) is 0 Å². The van der Waals surface area contributed by atoms with Gasteiger partial charge in [-0.1, -0.05) is 0 Å². The molecule has 2 aliphatic heterocycles. The van der Waals surface area contributed by atoms with E-state index in [0.717, 1.165) is 30.0 Å². The summed E-state index contributed by atoms with van der Waals surface area (Å²) in [5.74, 6) is 1.98. The van der Waals surface area contributed by atoms with E-state index in [0.29, 0.717) is 6.17 Å². The third-order valence-corrected chi connectivity index (χ3v) is 5.18. The Balaban J connectivity index is 1.65. The van der Waals surface area contributed by atoms with Gasteiger partial charge in [-0.25, -0.2) is 9.97 Å². The minimum Gasteiger partial charge on any atom is -0.306 e. The molecule has 1 unspecified atom stereocenters. The van der Waals surface area contributed by atoms with Crippen LogP contribution in [0, 0.1) is 5.92 Å². The molecule has 0 aromatic carbocycles. The highest BCUT2D eigenvalue weighted by Gasteiger charge is 2.25. The van der Waals surface area contributed by atoms with Crippen LogP contribution < -0.4 is 5.32 Å². The maximum atomic E-state index is 4.92. The molecule has 4 heterocycles. The maximum absolute atomic E-state index is 4.92. The molecular formula is C17H25N5. The Morgan fingerprint density at radius 3 is 2.91 bits per heavy atom. The predicted molar refractivity (Wildman–Crippen MR) is 87.7 cm³/mol. The van der Waals surface area contributed by atoms with Gasteiger partial charge in [0.1, 0.15) is 11.3 Å². The van der Waals surface area contributed by atoms with Crippen molar-refractivity contribution in [1.29, 1.82) is 0 Å². The molecule has 0 radical (unpaired) electrons. The lowest BCUT2D eigenvalue weighted by atomic mass is 9.93. The summed E-state index contributed by atoms with van der Waals surface area (Å²) in [5.41, 5.74) is 2.09. The summed E-state index contributed by atoms with van der Waals surface area (Å²) >= 11 is 0. The van der Waals surface area contributed by atoms with E-state index in [-0.39, 0.29) is 0 Å². The second kappa shape index (κ2) is 5.97. The molecule has 2 fully saturated rings. The lowest BCUT2D eigenvalue weighted by Gasteiger charge is -2.29. The zero-order chi connectivity index (χ0) is 14.9. The van der Waals surface area contributed by atoms with Crippen molar-refractivity contribution in [3.8, 4) is 0 Å². The first kappa shape index (κ1) is 14.2. The van der Waals surface area contributed by atoms with Crippen molar-refractivity contribution in [3.63, 3.8) is 0 Å². The van der Waals surface area contributed by atoms with Gasteiger partial charge in [0.15, 0.2) is 5.65 Å². The van der Waals surface area contributed by atoms with Crippen molar-refractivity contribution < 1.29 is 0 Å². The van der Waals surface area contributed by atoms with Crippen LogP contribution in [0.3, 0.4) is 0 Å². The summed E-state index contributed by atoms with van der Waals surface area (Å²) in [4.78, 5) is 12.0. The molecule has 1 atom stereocenters. The van der Waals surface area contributed by atoms with Crippen molar-refractivity contribution in [2.45, 2.75) is 38.3 Å². The lowest BCUT2D eigenvalue weighted by Crippen LogP contribution is -2.32. The Bertz CT molecular complexity index is 636. The number of likely N-dealkylation sites (tertiary alicyclic amines) is 1. The molecule has 2 saturated heterocycles. The van der Waals surface area contributed by atoms with Gasteiger partial charge in [-0.05, 0) is 70.4 Å². The van der Waals surface area contributed by atoms with E-state index in [2.05, 4.69) is 32.9 Å². The van der Waals surface area contributed by atoms with Gasteiger partial charge < -0.3 is 4.90 Å². The highest BCUT2D eigenvalue weighted by molar-refractivity contribution is 5.71. The molecule has 0 spiro atoms. The van der Waals surface area contributed by atoms with E-state index in [4.69, 9.17) is 4.98 Å². The van der Waals surface area contributed by atoms with Crippen molar-refractivity contribution in [2.24, 2.45) is 5.92 Å². The quantitative estimate of drug-likeness (QED) is 0.944. The number of fused-ring (bicyclic) bond motifs is 1. The summed E-state index contributed by atoms with van der Waals surface area (Å²) in [6.45, 7) is 3.53. The first-order valence-electron chi connectivity index (χ1n) is 8.55. The maximum Gasteiger partial charge on any atom is 0.161 e. The first-order chi connectivity index (χ1) is 10.8. The van der Waals surface area contributed by atoms with Gasteiger partial charge in [0.05, 0.1) is 6.17 Å². The van der Waals surface area contributed by atoms with Crippen LogP contribution in [-0.4, -0.2) is 46.1 Å². The Hall–Kier alpha value is -1.46. The minimum atomic E-state index is 0.376. The van der Waals surface area contributed by atoms with E-state index in [1.165, 1.54) is 44.6 Å². The summed E-state index contributed by atoms with van der Waals surface area (Å²) in [6, 6.07) is 4.08. The number of imidazole rings is 1. The van der Waals surface area contributed by atoms with Gasteiger partial charge in [0.2, 0.25) is 0 Å². The van der Waals surface area contributed by atoms with Crippen LogP contribution in [0.5, 0.6) is 0 Å². The fourth-order valence-electron chi connectivity index (χ4n) is 3.86. The molecule has 2 aliphatic rings. The van der Waals surface area contributed by atoms with Crippen molar-refractivity contribution in [1.82, 2.24) is 24.8 Å². The highest BCUT2D eigenvalue weighted by atomic mass is 15.3. The zero-order valence-electron chi connectivity index (χ0n) is 13.3. The smallest absolute Gasteiger partial charge is 0.161 e. The molecule has 118 valence electrons. The molecule has 5 nitrogen and oxygen atoms in total. The van der Waals surface area contributed by atoms with E-state index in [1.807, 2.05) is 12.3 Å². The number of nitrogens with one attached hydrogen (secondary N) is 1. The largest absolute Gasteiger partial charge is 0.306 e. The average molecular weight is 299 g/mol. The molecule has 22 heavy (non-hydrogen) atoms. The first-order valence-corrected chi connectivity index (χ1v) is 8.55. The van der Waals surface area contributed by atoms with E-state index in [1.54, 1.807) is 0 Å². The third kappa shape index (κ3) is 2.63. The number of aromatic nitrogens is 3. The molecule has 0 saturated carbocycles. The van der Waals surface area contributed by atoms with Gasteiger partial charge in [-0.2, -0.15) is 0 Å². The molecule has 4 rings (SSSR count). The van der Waals surface area contributed by atoms with Crippen LogP contribution in [0.4, 0.5) is 0 Å². The minimum absolute atomic E-state index is 0.376. The highest BCUT2D eigenvalue weighted by Crippen LogP contribution is 2.27. The average Bonchev–Trinajstić information content (AvgIpc) is 3.16. The van der Waals surface area contributed by atoms with Crippen LogP contribution in [0.25, 0.3) is 11.2 Å². The van der Waals surface area contributed by atoms with Gasteiger partial charge in [-0.3, -0.25) is 9.88 Å². The number of piperidine rings is 1. The lowest BCUT2D eigenvalue weighted by molar-refractivity contribution is 0.215. The van der Waals surface area contributed by atoms with E-state index < -0.39 is 0 Å². The van der Waals surface area contributed by atoms with Crippen LogP contribution in [0.15, 0.2) is 18.3 Å². The normalized spacial score (nSPS) is 24.3. The van der Waals surface area contributed by atoms with Crippen molar-refractivity contribution >= 4 is 11.2 Å². The number of hydrogen-bond donors (Lipinski definition) is 1. The molecular weight excluding hydrogens is 274 g/mol. The fourth-order valence-corrected chi connectivity index (χ4v) is 3.86. The molecule has 0 bridgehead atoms. The molecule has 0 amide bonds. The summed E-state index contributed by atoms with van der Waals surface area (Å²) in [5, 5.41) is 3.61. The molecule has 1 N–H and O–H groups in total. The number of hydrogen-bond acceptors (Lipinski definition) is 4. The Morgan fingerprint density at radius 1 is 1.27 bits per heavy atom.